The Morgan fingerprint density at radius 2 is 1.47 bits per heavy atom. The molecule has 1 heterocycles. The molecule has 30 heavy (non-hydrogen) atoms. The number of ether oxygens (including phenoxy) is 1. The van der Waals surface area contributed by atoms with Gasteiger partial charge in [0.1, 0.15) is 5.60 Å². The highest BCUT2D eigenvalue weighted by atomic mass is 16.6. The summed E-state index contributed by atoms with van der Waals surface area (Å²) in [6.45, 7) is 14.2. The average molecular weight is 412 g/mol. The van der Waals surface area contributed by atoms with Crippen LogP contribution in [-0.2, 0) is 17.8 Å². The topological polar surface area (TPSA) is 58.8 Å². The molecule has 5 heteroatoms. The largest absolute Gasteiger partial charge is 0.444 e. The lowest BCUT2D eigenvalue weighted by atomic mass is 10.0. The minimum Gasteiger partial charge on any atom is -0.444 e. The molecule has 1 fully saturated rings. The maximum Gasteiger partial charge on any atom is 0.410 e. The molecule has 3 rings (SSSR count). The molecule has 1 saturated heterocycles. The Morgan fingerprint density at radius 3 is 2.00 bits per heavy atom. The molecular weight excluding hydrogens is 374 g/mol. The van der Waals surface area contributed by atoms with E-state index in [0.717, 1.165) is 25.2 Å². The van der Waals surface area contributed by atoms with E-state index in [1.165, 1.54) is 16.7 Å². The molecule has 0 aliphatic carbocycles. The van der Waals surface area contributed by atoms with Gasteiger partial charge in [-0.1, -0.05) is 50.2 Å². The van der Waals surface area contributed by atoms with Crippen LogP contribution >= 0.6 is 0 Å². The van der Waals surface area contributed by atoms with Crippen LogP contribution in [0, 0.1) is 0 Å². The fourth-order valence-corrected chi connectivity index (χ4v) is 3.40. The van der Waals surface area contributed by atoms with Crippen molar-refractivity contribution in [3.05, 3.63) is 59.7 Å². The second-order valence-corrected chi connectivity index (χ2v) is 8.35. The number of amides is 1. The van der Waals surface area contributed by atoms with Crippen molar-refractivity contribution < 1.29 is 9.53 Å². The number of piperazine rings is 1. The number of nitrogens with two attached hydrogens (primary N) is 1. The number of hydrogen-bond acceptors (Lipinski definition) is 4. The third kappa shape index (κ3) is 7.15. The summed E-state index contributed by atoms with van der Waals surface area (Å²) in [5.74, 6) is 0. The number of hydrogen-bond donors (Lipinski definition) is 1. The van der Waals surface area contributed by atoms with Gasteiger partial charge in [-0.2, -0.15) is 0 Å². The van der Waals surface area contributed by atoms with Crippen molar-refractivity contribution in [1.29, 1.82) is 0 Å². The smallest absolute Gasteiger partial charge is 0.410 e. The maximum atomic E-state index is 12.2. The predicted molar refractivity (Wildman–Crippen MR) is 124 cm³/mol. The molecule has 0 aromatic heterocycles. The van der Waals surface area contributed by atoms with Crippen molar-refractivity contribution in [2.24, 2.45) is 5.73 Å². The summed E-state index contributed by atoms with van der Waals surface area (Å²) in [5, 5.41) is 0. The van der Waals surface area contributed by atoms with E-state index in [-0.39, 0.29) is 6.09 Å². The van der Waals surface area contributed by atoms with E-state index >= 15 is 0 Å². The SMILES string of the molecule is CC.CC(C)(C)OC(=O)N1CCN(Cc2cccc(-c3cccc(CN)c3)c2)CC1. The second-order valence-electron chi connectivity index (χ2n) is 8.35. The van der Waals surface area contributed by atoms with Crippen molar-refractivity contribution >= 4 is 6.09 Å². The molecule has 0 spiro atoms. The Kier molecular flexibility index (Phi) is 8.88. The Balaban J connectivity index is 0.00000155. The van der Waals surface area contributed by atoms with Gasteiger partial charge in [0.2, 0.25) is 0 Å². The van der Waals surface area contributed by atoms with Crippen LogP contribution in [0.25, 0.3) is 11.1 Å². The average Bonchev–Trinajstić information content (AvgIpc) is 2.75. The van der Waals surface area contributed by atoms with Crippen LogP contribution in [0.4, 0.5) is 4.79 Å². The zero-order valence-corrected chi connectivity index (χ0v) is 19.1. The monoisotopic (exact) mass is 411 g/mol. The molecule has 164 valence electrons. The lowest BCUT2D eigenvalue weighted by Crippen LogP contribution is -2.49. The van der Waals surface area contributed by atoms with Crippen molar-refractivity contribution in [1.82, 2.24) is 9.80 Å². The van der Waals surface area contributed by atoms with Crippen LogP contribution in [0.3, 0.4) is 0 Å². The van der Waals surface area contributed by atoms with Gasteiger partial charge in [0.25, 0.3) is 0 Å². The van der Waals surface area contributed by atoms with Gasteiger partial charge in [-0.15, -0.1) is 0 Å². The molecule has 5 nitrogen and oxygen atoms in total. The van der Waals surface area contributed by atoms with Gasteiger partial charge in [-0.25, -0.2) is 4.79 Å². The van der Waals surface area contributed by atoms with Gasteiger partial charge in [0.05, 0.1) is 0 Å². The second kappa shape index (κ2) is 11.1. The van der Waals surface area contributed by atoms with Gasteiger partial charge in [0, 0.05) is 39.3 Å². The minimum absolute atomic E-state index is 0.214. The molecule has 2 aromatic rings. The van der Waals surface area contributed by atoms with Gasteiger partial charge < -0.3 is 15.4 Å². The predicted octanol–water partition coefficient (Wildman–Crippen LogP) is 4.89. The van der Waals surface area contributed by atoms with E-state index < -0.39 is 5.60 Å². The molecule has 0 saturated carbocycles. The van der Waals surface area contributed by atoms with Crippen LogP contribution in [0.1, 0.15) is 45.7 Å². The summed E-state index contributed by atoms with van der Waals surface area (Å²) in [5.41, 5.74) is 10.1. The molecule has 2 N–H and O–H groups in total. The highest BCUT2D eigenvalue weighted by Crippen LogP contribution is 2.22. The Bertz CT molecular complexity index is 806. The molecule has 2 aromatic carbocycles. The quantitative estimate of drug-likeness (QED) is 0.778. The van der Waals surface area contributed by atoms with Crippen LogP contribution in [0.15, 0.2) is 48.5 Å². The van der Waals surface area contributed by atoms with E-state index in [0.29, 0.717) is 19.6 Å². The van der Waals surface area contributed by atoms with Crippen LogP contribution in [0.5, 0.6) is 0 Å². The van der Waals surface area contributed by atoms with Crippen molar-refractivity contribution in [2.45, 2.75) is 53.3 Å². The Morgan fingerprint density at radius 1 is 0.933 bits per heavy atom. The van der Waals surface area contributed by atoms with E-state index in [2.05, 4.69) is 53.4 Å². The molecule has 1 aliphatic heterocycles. The first-order chi connectivity index (χ1) is 14.3. The first-order valence-corrected chi connectivity index (χ1v) is 10.9. The third-order valence-corrected chi connectivity index (χ3v) is 4.85. The first-order valence-electron chi connectivity index (χ1n) is 10.9. The summed E-state index contributed by atoms with van der Waals surface area (Å²) in [6, 6.07) is 17.0. The lowest BCUT2D eigenvalue weighted by Gasteiger charge is -2.35. The van der Waals surface area contributed by atoms with Gasteiger partial charge in [-0.05, 0) is 55.2 Å². The standard InChI is InChI=1S/C23H31N3O2.C2H6/c1-23(2,3)28-22(27)26-12-10-25(11-13-26)17-19-7-5-9-21(15-19)20-8-4-6-18(14-20)16-24;1-2/h4-9,14-15H,10-13,16-17,24H2,1-3H3;1-2H3. The van der Waals surface area contributed by atoms with E-state index in [1.54, 1.807) is 4.90 Å². The van der Waals surface area contributed by atoms with E-state index in [1.807, 2.05) is 34.6 Å². The van der Waals surface area contributed by atoms with Gasteiger partial charge in [-0.3, -0.25) is 4.90 Å². The normalized spacial score (nSPS) is 14.7. The summed E-state index contributed by atoms with van der Waals surface area (Å²) in [6.07, 6.45) is -0.214. The van der Waals surface area contributed by atoms with Crippen LogP contribution in [-0.4, -0.2) is 47.7 Å². The number of carbonyl (C=O) groups is 1. The highest BCUT2D eigenvalue weighted by molar-refractivity contribution is 5.68. The first kappa shape index (κ1) is 23.9. The van der Waals surface area contributed by atoms with E-state index in [9.17, 15) is 4.79 Å². The van der Waals surface area contributed by atoms with Crippen molar-refractivity contribution in [3.8, 4) is 11.1 Å². The molecule has 0 bridgehead atoms. The fraction of sp³-hybridized carbons (Fsp3) is 0.480. The minimum atomic E-state index is -0.449. The maximum absolute atomic E-state index is 12.2. The van der Waals surface area contributed by atoms with Gasteiger partial charge in [0.15, 0.2) is 0 Å². The lowest BCUT2D eigenvalue weighted by molar-refractivity contribution is 0.0139. The molecule has 0 unspecified atom stereocenters. The van der Waals surface area contributed by atoms with E-state index in [4.69, 9.17) is 10.5 Å². The van der Waals surface area contributed by atoms with Crippen molar-refractivity contribution in [2.75, 3.05) is 26.2 Å². The molecule has 0 atom stereocenters. The Hall–Kier alpha value is -2.37. The number of benzene rings is 2. The van der Waals surface area contributed by atoms with Crippen LogP contribution < -0.4 is 5.73 Å². The third-order valence-electron chi connectivity index (χ3n) is 4.85. The van der Waals surface area contributed by atoms with Gasteiger partial charge >= 0.3 is 6.09 Å². The summed E-state index contributed by atoms with van der Waals surface area (Å²) in [7, 11) is 0. The molecule has 1 amide bonds. The summed E-state index contributed by atoms with van der Waals surface area (Å²) >= 11 is 0. The highest BCUT2D eigenvalue weighted by Gasteiger charge is 2.25. The Labute approximate surface area is 181 Å². The zero-order valence-electron chi connectivity index (χ0n) is 19.1. The number of rotatable bonds is 4. The zero-order chi connectivity index (χ0) is 22.1. The molecular formula is C25H37N3O2. The molecule has 0 radical (unpaired) electrons. The molecule has 1 aliphatic rings. The number of nitrogens with zero attached hydrogens (tertiary/aromatic N) is 2. The van der Waals surface area contributed by atoms with Crippen molar-refractivity contribution in [3.63, 3.8) is 0 Å². The fourth-order valence-electron chi connectivity index (χ4n) is 3.40. The number of carbonyl (C=O) groups excluding carboxylic acids is 1. The summed E-state index contributed by atoms with van der Waals surface area (Å²) in [4.78, 5) is 16.4. The van der Waals surface area contributed by atoms with Crippen LogP contribution in [0.2, 0.25) is 0 Å². The summed E-state index contributed by atoms with van der Waals surface area (Å²) < 4.78 is 5.47.